The van der Waals surface area contributed by atoms with Crippen molar-refractivity contribution in [2.24, 2.45) is 5.92 Å². The number of benzene rings is 1. The van der Waals surface area contributed by atoms with Crippen LogP contribution in [0.25, 0.3) is 11.0 Å². The van der Waals surface area contributed by atoms with E-state index in [1.54, 1.807) is 0 Å². The Morgan fingerprint density at radius 1 is 1.24 bits per heavy atom. The fraction of sp³-hybridized carbons (Fsp3) is 0.350. The van der Waals surface area contributed by atoms with Crippen molar-refractivity contribution < 1.29 is 33.3 Å². The lowest BCUT2D eigenvalue weighted by atomic mass is 10.1. The topological polar surface area (TPSA) is 162 Å². The van der Waals surface area contributed by atoms with Gasteiger partial charge in [0.2, 0.25) is 0 Å². The van der Waals surface area contributed by atoms with Crippen molar-refractivity contribution >= 4 is 28.7 Å². The fourth-order valence-electron chi connectivity index (χ4n) is 3.81. The van der Waals surface area contributed by atoms with Crippen molar-refractivity contribution in [3.05, 3.63) is 47.4 Å². The second-order valence-electron chi connectivity index (χ2n) is 7.53. The first-order valence-electron chi connectivity index (χ1n) is 9.91. The number of anilines is 1. The number of nitrogens with one attached hydrogen (secondary N) is 3. The van der Waals surface area contributed by atoms with Crippen LogP contribution in [-0.4, -0.2) is 67.6 Å². The third-order valence-corrected chi connectivity index (χ3v) is 5.53. The predicted molar refractivity (Wildman–Crippen MR) is 109 cm³/mol. The van der Waals surface area contributed by atoms with Crippen LogP contribution in [0.1, 0.15) is 22.5 Å². The molecule has 4 atom stereocenters. The minimum atomic E-state index is -1.35. The minimum Gasteiger partial charge on any atom is -0.469 e. The van der Waals surface area contributed by atoms with Gasteiger partial charge in [0.25, 0.3) is 5.91 Å². The number of halogens is 2. The zero-order chi connectivity index (χ0) is 23.7. The van der Waals surface area contributed by atoms with E-state index in [0.29, 0.717) is 0 Å². The summed E-state index contributed by atoms with van der Waals surface area (Å²) in [5, 5.41) is 32.6. The van der Waals surface area contributed by atoms with Crippen molar-refractivity contribution in [1.29, 1.82) is 0 Å². The third kappa shape index (κ3) is 4.32. The van der Waals surface area contributed by atoms with Crippen molar-refractivity contribution in [2.75, 3.05) is 12.4 Å². The Morgan fingerprint density at radius 3 is 2.79 bits per heavy atom. The number of methoxy groups -OCH3 is 1. The van der Waals surface area contributed by atoms with Gasteiger partial charge in [-0.2, -0.15) is 5.10 Å². The number of ether oxygens (including phenoxy) is 1. The maximum Gasteiger partial charge on any atom is 0.311 e. The number of carbonyl (C=O) groups is 2. The Kier molecular flexibility index (Phi) is 6.16. The largest absolute Gasteiger partial charge is 0.469 e. The standard InChI is InChI=1S/C20H20F2N6O5/c1-33-20(32)10-5-12(16(30)15(10)29)26-17-13-14(27-28-18(13)25-7-24-17)19(31)23-6-8-4-9(21)2-3-11(8)22/h2-4,7,10,12,15-16,29-30H,5-6H2,1H3,(H,23,31)(H2,24,25,26,27,28)/t10-,12-,15-,16+/m1/s1. The number of H-pyrrole nitrogens is 1. The van der Waals surface area contributed by atoms with Gasteiger partial charge in [-0.15, -0.1) is 0 Å². The maximum atomic E-state index is 13.8. The van der Waals surface area contributed by atoms with Crippen LogP contribution in [0.3, 0.4) is 0 Å². The molecule has 1 aliphatic carbocycles. The highest BCUT2D eigenvalue weighted by Crippen LogP contribution is 2.31. The highest BCUT2D eigenvalue weighted by atomic mass is 19.1. The van der Waals surface area contributed by atoms with Gasteiger partial charge >= 0.3 is 5.97 Å². The lowest BCUT2D eigenvalue weighted by Crippen LogP contribution is -2.36. The molecule has 1 amide bonds. The Morgan fingerprint density at radius 2 is 2.03 bits per heavy atom. The van der Waals surface area contributed by atoms with E-state index in [9.17, 15) is 28.6 Å². The second-order valence-corrected chi connectivity index (χ2v) is 7.53. The van der Waals surface area contributed by atoms with Crippen molar-refractivity contribution in [3.8, 4) is 0 Å². The average molecular weight is 462 g/mol. The van der Waals surface area contributed by atoms with Gasteiger partial charge in [-0.3, -0.25) is 14.7 Å². The molecule has 1 saturated carbocycles. The van der Waals surface area contributed by atoms with Crippen LogP contribution >= 0.6 is 0 Å². The van der Waals surface area contributed by atoms with E-state index in [-0.39, 0.29) is 41.1 Å². The smallest absolute Gasteiger partial charge is 0.311 e. The van der Waals surface area contributed by atoms with E-state index in [2.05, 4.69) is 35.5 Å². The number of carbonyl (C=O) groups excluding carboxylic acids is 2. The van der Waals surface area contributed by atoms with Crippen LogP contribution in [-0.2, 0) is 16.1 Å². The van der Waals surface area contributed by atoms with E-state index in [1.165, 1.54) is 13.4 Å². The molecule has 4 rings (SSSR count). The molecule has 1 aliphatic rings. The van der Waals surface area contributed by atoms with Gasteiger partial charge in [0.15, 0.2) is 11.3 Å². The highest BCUT2D eigenvalue weighted by Gasteiger charge is 2.46. The number of nitrogens with zero attached hydrogens (tertiary/aromatic N) is 3. The van der Waals surface area contributed by atoms with Gasteiger partial charge in [-0.1, -0.05) is 0 Å². The number of esters is 1. The van der Waals surface area contributed by atoms with Crippen LogP contribution in [0.2, 0.25) is 0 Å². The molecule has 0 unspecified atom stereocenters. The van der Waals surface area contributed by atoms with Crippen LogP contribution in [0.15, 0.2) is 24.5 Å². The number of aromatic amines is 1. The Labute approximate surface area is 185 Å². The molecule has 11 nitrogen and oxygen atoms in total. The van der Waals surface area contributed by atoms with E-state index in [1.807, 2.05) is 0 Å². The first-order valence-corrected chi connectivity index (χ1v) is 9.91. The Bertz CT molecular complexity index is 1200. The summed E-state index contributed by atoms with van der Waals surface area (Å²) in [6.45, 7) is -0.290. The quantitative estimate of drug-likeness (QED) is 0.323. The van der Waals surface area contributed by atoms with Gasteiger partial charge in [0, 0.05) is 12.1 Å². The molecule has 3 aromatic rings. The van der Waals surface area contributed by atoms with Crippen molar-refractivity contribution in [3.63, 3.8) is 0 Å². The van der Waals surface area contributed by atoms with Crippen LogP contribution in [0.4, 0.5) is 14.6 Å². The summed E-state index contributed by atoms with van der Waals surface area (Å²) in [7, 11) is 1.18. The summed E-state index contributed by atoms with van der Waals surface area (Å²) in [4.78, 5) is 32.7. The predicted octanol–water partition coefficient (Wildman–Crippen LogP) is 0.256. The molecule has 0 radical (unpaired) electrons. The van der Waals surface area contributed by atoms with E-state index in [0.717, 1.165) is 18.2 Å². The molecule has 0 saturated heterocycles. The van der Waals surface area contributed by atoms with E-state index < -0.39 is 47.7 Å². The molecule has 2 heterocycles. The zero-order valence-electron chi connectivity index (χ0n) is 17.2. The maximum absolute atomic E-state index is 13.8. The first-order chi connectivity index (χ1) is 15.8. The fourth-order valence-corrected chi connectivity index (χ4v) is 3.81. The second kappa shape index (κ2) is 9.03. The van der Waals surface area contributed by atoms with E-state index in [4.69, 9.17) is 0 Å². The molecule has 0 bridgehead atoms. The highest BCUT2D eigenvalue weighted by molar-refractivity contribution is 6.07. The lowest BCUT2D eigenvalue weighted by Gasteiger charge is -2.18. The molecule has 1 fully saturated rings. The summed E-state index contributed by atoms with van der Waals surface area (Å²) in [5.74, 6) is -3.50. The number of hydrogen-bond acceptors (Lipinski definition) is 9. The van der Waals surface area contributed by atoms with Crippen LogP contribution in [0.5, 0.6) is 0 Å². The van der Waals surface area contributed by atoms with Gasteiger partial charge < -0.3 is 25.6 Å². The van der Waals surface area contributed by atoms with Gasteiger partial charge in [0.1, 0.15) is 29.9 Å². The number of aliphatic hydroxyl groups excluding tert-OH is 2. The molecule has 2 aromatic heterocycles. The summed E-state index contributed by atoms with van der Waals surface area (Å²) < 4.78 is 31.9. The summed E-state index contributed by atoms with van der Waals surface area (Å²) in [6.07, 6.45) is -1.40. The van der Waals surface area contributed by atoms with Gasteiger partial charge in [0.05, 0.1) is 30.6 Å². The summed E-state index contributed by atoms with van der Waals surface area (Å²) >= 11 is 0. The summed E-state index contributed by atoms with van der Waals surface area (Å²) in [5.41, 5.74) is 0.0318. The molecule has 0 aliphatic heterocycles. The Hall–Kier alpha value is -3.71. The number of aromatic nitrogens is 4. The lowest BCUT2D eigenvalue weighted by molar-refractivity contribution is -0.149. The number of fused-ring (bicyclic) bond motifs is 1. The summed E-state index contributed by atoms with van der Waals surface area (Å²) in [6, 6.07) is 2.11. The van der Waals surface area contributed by atoms with E-state index >= 15 is 0 Å². The molecule has 1 aromatic carbocycles. The van der Waals surface area contributed by atoms with Gasteiger partial charge in [-0.05, 0) is 24.6 Å². The van der Waals surface area contributed by atoms with Crippen molar-refractivity contribution in [2.45, 2.75) is 31.2 Å². The number of aliphatic hydroxyl groups is 2. The number of rotatable bonds is 6. The molecular weight excluding hydrogens is 442 g/mol. The molecule has 174 valence electrons. The molecular formula is C20H20F2N6O5. The zero-order valence-corrected chi connectivity index (χ0v) is 17.2. The SMILES string of the molecule is COC(=O)[C@@H]1C[C@@H](Nc2ncnc3[nH]nc(C(=O)NCc4cc(F)ccc4F)c23)[C@H](O)[C@@H]1O. The van der Waals surface area contributed by atoms with Crippen LogP contribution in [0, 0.1) is 17.6 Å². The third-order valence-electron chi connectivity index (χ3n) is 5.53. The molecule has 0 spiro atoms. The Balaban J connectivity index is 1.56. The molecule has 33 heavy (non-hydrogen) atoms. The first kappa shape index (κ1) is 22.5. The number of hydrogen-bond donors (Lipinski definition) is 5. The normalized spacial score (nSPS) is 22.3. The molecule has 13 heteroatoms. The van der Waals surface area contributed by atoms with Crippen LogP contribution < -0.4 is 10.6 Å². The number of amides is 1. The monoisotopic (exact) mass is 462 g/mol. The van der Waals surface area contributed by atoms with Crippen molar-refractivity contribution in [1.82, 2.24) is 25.5 Å². The van der Waals surface area contributed by atoms with Gasteiger partial charge in [-0.25, -0.2) is 18.7 Å². The molecule has 5 N–H and O–H groups in total. The average Bonchev–Trinajstić information content (AvgIpc) is 3.36. The minimum absolute atomic E-state index is 0.0466.